The van der Waals surface area contributed by atoms with Gasteiger partial charge in [-0.2, -0.15) is 0 Å². The van der Waals surface area contributed by atoms with Gasteiger partial charge < -0.3 is 0 Å². The van der Waals surface area contributed by atoms with E-state index < -0.39 is 10.0 Å². The van der Waals surface area contributed by atoms with E-state index in [9.17, 15) is 13.2 Å². The fraction of sp³-hybridized carbons (Fsp3) is 0.136. The number of hydrogen-bond acceptors (Lipinski definition) is 3. The number of aryl methyl sites for hydroxylation is 3. The smallest absolute Gasteiger partial charge is 0.261 e. The van der Waals surface area contributed by atoms with E-state index in [1.807, 2.05) is 32.9 Å². The highest BCUT2D eigenvalue weighted by molar-refractivity contribution is 7.92. The summed E-state index contributed by atoms with van der Waals surface area (Å²) >= 11 is 0. The molecule has 5 heteroatoms. The van der Waals surface area contributed by atoms with Crippen LogP contribution in [0.5, 0.6) is 0 Å². The van der Waals surface area contributed by atoms with Crippen LogP contribution in [-0.4, -0.2) is 14.2 Å². The van der Waals surface area contributed by atoms with Crippen molar-refractivity contribution in [2.45, 2.75) is 25.7 Å². The van der Waals surface area contributed by atoms with E-state index in [1.54, 1.807) is 54.6 Å². The fourth-order valence-electron chi connectivity index (χ4n) is 2.73. The van der Waals surface area contributed by atoms with Crippen LogP contribution in [0.15, 0.2) is 71.6 Å². The van der Waals surface area contributed by atoms with Gasteiger partial charge in [0.15, 0.2) is 5.78 Å². The Hall–Kier alpha value is -2.92. The van der Waals surface area contributed by atoms with E-state index in [0.717, 1.165) is 16.7 Å². The monoisotopic (exact) mass is 379 g/mol. The minimum absolute atomic E-state index is 0.154. The SMILES string of the molecule is Cc1ccc(S(=O)(=O)Nc2ccccc2C(=O)c2ccc(C)c(C)c2)cc1. The number of anilines is 1. The molecule has 0 aliphatic carbocycles. The Labute approximate surface area is 159 Å². The zero-order chi connectivity index (χ0) is 19.6. The van der Waals surface area contributed by atoms with Gasteiger partial charge in [-0.05, 0) is 62.2 Å². The topological polar surface area (TPSA) is 63.2 Å². The summed E-state index contributed by atoms with van der Waals surface area (Å²) in [6.07, 6.45) is 0. The Kier molecular flexibility index (Phi) is 5.15. The number of carbonyl (C=O) groups is 1. The van der Waals surface area contributed by atoms with Crippen molar-refractivity contribution in [3.8, 4) is 0 Å². The van der Waals surface area contributed by atoms with Crippen molar-refractivity contribution >= 4 is 21.5 Å². The average molecular weight is 379 g/mol. The molecular weight excluding hydrogens is 358 g/mol. The predicted molar refractivity (Wildman–Crippen MR) is 108 cm³/mol. The molecule has 4 nitrogen and oxygen atoms in total. The largest absolute Gasteiger partial charge is 0.289 e. The van der Waals surface area contributed by atoms with Crippen molar-refractivity contribution in [3.63, 3.8) is 0 Å². The summed E-state index contributed by atoms with van der Waals surface area (Å²) in [7, 11) is -3.79. The lowest BCUT2D eigenvalue weighted by atomic mass is 9.98. The van der Waals surface area contributed by atoms with Gasteiger partial charge in [0.2, 0.25) is 0 Å². The third-order valence-electron chi connectivity index (χ3n) is 4.52. The summed E-state index contributed by atoms with van der Waals surface area (Å²) in [6.45, 7) is 5.81. The van der Waals surface area contributed by atoms with Crippen LogP contribution in [0.2, 0.25) is 0 Å². The molecule has 3 rings (SSSR count). The standard InChI is InChI=1S/C22H21NO3S/c1-15-8-12-19(13-9-15)27(25,26)23-21-7-5-4-6-20(21)22(24)18-11-10-16(2)17(3)14-18/h4-14,23H,1-3H3. The van der Waals surface area contributed by atoms with Crippen molar-refractivity contribution in [2.24, 2.45) is 0 Å². The first kappa shape index (κ1) is 18.9. The van der Waals surface area contributed by atoms with Gasteiger partial charge >= 0.3 is 0 Å². The van der Waals surface area contributed by atoms with E-state index in [2.05, 4.69) is 4.72 Å². The zero-order valence-corrected chi connectivity index (χ0v) is 16.3. The molecule has 0 fully saturated rings. The van der Waals surface area contributed by atoms with Gasteiger partial charge in [-0.25, -0.2) is 8.42 Å². The maximum absolute atomic E-state index is 13.0. The van der Waals surface area contributed by atoms with Gasteiger partial charge in [-0.15, -0.1) is 0 Å². The maximum atomic E-state index is 13.0. The summed E-state index contributed by atoms with van der Waals surface area (Å²) in [6, 6.07) is 18.7. The quantitative estimate of drug-likeness (QED) is 0.657. The van der Waals surface area contributed by atoms with Gasteiger partial charge in [0.25, 0.3) is 10.0 Å². The van der Waals surface area contributed by atoms with Gasteiger partial charge in [-0.1, -0.05) is 42.0 Å². The van der Waals surface area contributed by atoms with Crippen LogP contribution in [0.1, 0.15) is 32.6 Å². The lowest BCUT2D eigenvalue weighted by Gasteiger charge is -2.13. The van der Waals surface area contributed by atoms with Crippen LogP contribution in [0.4, 0.5) is 5.69 Å². The lowest BCUT2D eigenvalue weighted by molar-refractivity contribution is 0.103. The maximum Gasteiger partial charge on any atom is 0.261 e. The van der Waals surface area contributed by atoms with E-state index >= 15 is 0 Å². The second kappa shape index (κ2) is 7.37. The molecule has 27 heavy (non-hydrogen) atoms. The van der Waals surface area contributed by atoms with E-state index in [-0.39, 0.29) is 16.4 Å². The van der Waals surface area contributed by atoms with Crippen molar-refractivity contribution < 1.29 is 13.2 Å². The minimum Gasteiger partial charge on any atom is -0.289 e. The first-order valence-electron chi connectivity index (χ1n) is 8.58. The number of carbonyl (C=O) groups excluding carboxylic acids is 1. The highest BCUT2D eigenvalue weighted by Crippen LogP contribution is 2.24. The Morgan fingerprint density at radius 1 is 0.815 bits per heavy atom. The molecule has 138 valence electrons. The van der Waals surface area contributed by atoms with Crippen LogP contribution in [-0.2, 0) is 10.0 Å². The Morgan fingerprint density at radius 2 is 1.48 bits per heavy atom. The number of benzene rings is 3. The van der Waals surface area contributed by atoms with Crippen LogP contribution in [0.3, 0.4) is 0 Å². The second-order valence-corrected chi connectivity index (χ2v) is 8.27. The number of nitrogens with one attached hydrogen (secondary N) is 1. The molecule has 0 aliphatic rings. The molecule has 0 aromatic heterocycles. The van der Waals surface area contributed by atoms with Crippen LogP contribution in [0.25, 0.3) is 0 Å². The van der Waals surface area contributed by atoms with Crippen molar-refractivity contribution in [1.29, 1.82) is 0 Å². The highest BCUT2D eigenvalue weighted by Gasteiger charge is 2.19. The predicted octanol–water partition coefficient (Wildman–Crippen LogP) is 4.64. The van der Waals surface area contributed by atoms with Crippen molar-refractivity contribution in [3.05, 3.63) is 94.5 Å². The molecule has 0 heterocycles. The minimum atomic E-state index is -3.79. The third-order valence-corrected chi connectivity index (χ3v) is 5.90. The molecular formula is C22H21NO3S. The highest BCUT2D eigenvalue weighted by atomic mass is 32.2. The normalized spacial score (nSPS) is 11.2. The molecule has 0 unspecified atom stereocenters. The van der Waals surface area contributed by atoms with Gasteiger partial charge in [-0.3, -0.25) is 9.52 Å². The first-order valence-corrected chi connectivity index (χ1v) is 10.1. The van der Waals surface area contributed by atoms with Crippen LogP contribution >= 0.6 is 0 Å². The van der Waals surface area contributed by atoms with Gasteiger partial charge in [0, 0.05) is 11.1 Å². The summed E-state index contributed by atoms with van der Waals surface area (Å²) in [4.78, 5) is 13.1. The molecule has 1 N–H and O–H groups in total. The lowest BCUT2D eigenvalue weighted by Crippen LogP contribution is -2.16. The number of rotatable bonds is 5. The van der Waals surface area contributed by atoms with E-state index in [4.69, 9.17) is 0 Å². The molecule has 0 saturated carbocycles. The molecule has 0 radical (unpaired) electrons. The Balaban J connectivity index is 1.97. The molecule has 0 atom stereocenters. The number of ketones is 1. The van der Waals surface area contributed by atoms with Crippen LogP contribution < -0.4 is 4.72 Å². The summed E-state index contributed by atoms with van der Waals surface area (Å²) < 4.78 is 28.0. The van der Waals surface area contributed by atoms with Gasteiger partial charge in [0.1, 0.15) is 0 Å². The number of hydrogen-bond donors (Lipinski definition) is 1. The molecule has 0 aliphatic heterocycles. The molecule has 0 amide bonds. The second-order valence-electron chi connectivity index (χ2n) is 6.59. The molecule has 0 saturated heterocycles. The van der Waals surface area contributed by atoms with E-state index in [1.165, 1.54) is 0 Å². The van der Waals surface area contributed by atoms with Gasteiger partial charge in [0.05, 0.1) is 10.6 Å². The van der Waals surface area contributed by atoms with Crippen molar-refractivity contribution in [2.75, 3.05) is 4.72 Å². The Morgan fingerprint density at radius 3 is 2.15 bits per heavy atom. The average Bonchev–Trinajstić information content (AvgIpc) is 2.64. The summed E-state index contributed by atoms with van der Waals surface area (Å²) in [5.41, 5.74) is 4.19. The molecule has 0 bridgehead atoms. The molecule has 0 spiro atoms. The Bertz CT molecular complexity index is 1100. The summed E-state index contributed by atoms with van der Waals surface area (Å²) in [5.74, 6) is -0.222. The van der Waals surface area contributed by atoms with Crippen LogP contribution in [0, 0.1) is 20.8 Å². The molecule has 3 aromatic rings. The summed E-state index contributed by atoms with van der Waals surface area (Å²) in [5, 5.41) is 0. The zero-order valence-electron chi connectivity index (χ0n) is 15.5. The van der Waals surface area contributed by atoms with Crippen molar-refractivity contribution in [1.82, 2.24) is 0 Å². The first-order chi connectivity index (χ1) is 12.8. The molecule has 3 aromatic carbocycles. The van der Waals surface area contributed by atoms with E-state index in [0.29, 0.717) is 11.1 Å². The fourth-order valence-corrected chi connectivity index (χ4v) is 3.81. The number of sulfonamides is 1. The third kappa shape index (κ3) is 4.09. The number of para-hydroxylation sites is 1.